The fraction of sp³-hybridized carbons (Fsp3) is 0. The van der Waals surface area contributed by atoms with Crippen molar-refractivity contribution in [3.8, 4) is 6.07 Å². The van der Waals surface area contributed by atoms with Crippen molar-refractivity contribution in [2.24, 2.45) is 0 Å². The maximum atomic E-state index is 7.21. The molecule has 0 aromatic carbocycles. The van der Waals surface area contributed by atoms with Crippen molar-refractivity contribution >= 4 is 0 Å². The number of hydrogen-bond acceptors (Lipinski definition) is 1. The first-order valence-electron chi connectivity index (χ1n) is 0.577. The molecule has 0 aromatic rings. The Morgan fingerprint density at radius 3 is 1.75 bits per heavy atom. The zero-order valence-electron chi connectivity index (χ0n) is 1.99. The van der Waals surface area contributed by atoms with Crippen LogP contribution in [0.2, 0.25) is 0 Å². The van der Waals surface area contributed by atoms with Gasteiger partial charge in [0.15, 0.2) is 0 Å². The monoisotopic (exact) mass is 233 g/mol. The van der Waals surface area contributed by atoms with Crippen LogP contribution in [-0.4, -0.2) is 0 Å². The van der Waals surface area contributed by atoms with Gasteiger partial charge >= 0.3 is 0 Å². The molecule has 25 valence electrons. The second kappa shape index (κ2) is 11.9. The van der Waals surface area contributed by atoms with E-state index in [1.807, 2.05) is 0 Å². The van der Waals surface area contributed by atoms with E-state index in [0.29, 0.717) is 0 Å². The Labute approximate surface area is 39.0 Å². The van der Waals surface area contributed by atoms with E-state index in [-0.39, 0.29) is 20.1 Å². The maximum absolute atomic E-state index is 7.21. The molecule has 0 bridgehead atoms. The Bertz CT molecular complexity index is 27.5. The minimum atomic E-state index is 0. The molecule has 0 aliphatic heterocycles. The van der Waals surface area contributed by atoms with E-state index < -0.39 is 0 Å². The van der Waals surface area contributed by atoms with Crippen LogP contribution >= 0.6 is 0 Å². The average molecular weight is 232 g/mol. The van der Waals surface area contributed by atoms with Crippen LogP contribution in [0.15, 0.2) is 0 Å². The SMILES string of the molecule is [CH2-]C#N.[Ir]. The van der Waals surface area contributed by atoms with Gasteiger partial charge in [0.05, 0.1) is 0 Å². The summed E-state index contributed by atoms with van der Waals surface area (Å²) in [6.45, 7) is 2.79. The molecule has 1 nitrogen and oxygen atoms in total. The van der Waals surface area contributed by atoms with E-state index in [2.05, 4.69) is 6.92 Å². The van der Waals surface area contributed by atoms with Crippen molar-refractivity contribution in [1.82, 2.24) is 0 Å². The van der Waals surface area contributed by atoms with E-state index in [4.69, 9.17) is 5.26 Å². The van der Waals surface area contributed by atoms with E-state index in [1.54, 1.807) is 0 Å². The summed E-state index contributed by atoms with van der Waals surface area (Å²) >= 11 is 0. The Morgan fingerprint density at radius 2 is 1.75 bits per heavy atom. The van der Waals surface area contributed by atoms with Crippen molar-refractivity contribution in [3.63, 3.8) is 0 Å². The number of rotatable bonds is 0. The minimum absolute atomic E-state index is 0. The Balaban J connectivity index is 0. The number of hydrogen-bond donors (Lipinski definition) is 0. The summed E-state index contributed by atoms with van der Waals surface area (Å²) < 4.78 is 0. The van der Waals surface area contributed by atoms with Gasteiger partial charge < -0.3 is 6.92 Å². The molecule has 0 aliphatic carbocycles. The molecule has 0 fully saturated rings. The molecule has 0 saturated carbocycles. The zero-order chi connectivity index (χ0) is 2.71. The van der Waals surface area contributed by atoms with Gasteiger partial charge in [-0.2, -0.15) is 0 Å². The summed E-state index contributed by atoms with van der Waals surface area (Å²) in [7, 11) is 0. The zero-order valence-corrected chi connectivity index (χ0v) is 4.38. The summed E-state index contributed by atoms with van der Waals surface area (Å²) in [5.74, 6) is 0. The third kappa shape index (κ3) is 23400. The summed E-state index contributed by atoms with van der Waals surface area (Å²) in [5.41, 5.74) is 0. The predicted molar refractivity (Wildman–Crippen MR) is 11.0 cm³/mol. The quantitative estimate of drug-likeness (QED) is 0.553. The van der Waals surface area contributed by atoms with Gasteiger partial charge in [0.25, 0.3) is 0 Å². The van der Waals surface area contributed by atoms with Crippen LogP contribution in [0.25, 0.3) is 0 Å². The molecule has 0 rings (SSSR count). The van der Waals surface area contributed by atoms with Crippen LogP contribution in [0.4, 0.5) is 0 Å². The second-order valence-corrected chi connectivity index (χ2v) is 0.158. The third-order valence-electron chi connectivity index (χ3n) is 0. The molecule has 4 heavy (non-hydrogen) atoms. The van der Waals surface area contributed by atoms with Crippen LogP contribution in [-0.2, 0) is 20.1 Å². The standard InChI is InChI=1S/C2H2N.Ir/c1-2-3;/h1H2;/q-1;. The Hall–Kier alpha value is 0.00935. The molecule has 0 heterocycles. The largest absolute Gasteiger partial charge is 0.305 e. The third-order valence-corrected chi connectivity index (χ3v) is 0. The molecule has 2 heteroatoms. The van der Waals surface area contributed by atoms with E-state index >= 15 is 0 Å². The topological polar surface area (TPSA) is 23.8 Å². The van der Waals surface area contributed by atoms with Crippen molar-refractivity contribution in [2.45, 2.75) is 0 Å². The van der Waals surface area contributed by atoms with Crippen molar-refractivity contribution in [2.75, 3.05) is 0 Å². The van der Waals surface area contributed by atoms with Gasteiger partial charge in [-0.15, -0.1) is 6.07 Å². The van der Waals surface area contributed by atoms with Gasteiger partial charge in [0.1, 0.15) is 0 Å². The van der Waals surface area contributed by atoms with Crippen LogP contribution in [0, 0.1) is 18.3 Å². The van der Waals surface area contributed by atoms with Crippen molar-refractivity contribution in [1.29, 1.82) is 5.26 Å². The molecule has 0 saturated heterocycles. The van der Waals surface area contributed by atoms with Crippen molar-refractivity contribution < 1.29 is 20.1 Å². The maximum Gasteiger partial charge on any atom is 0 e. The summed E-state index contributed by atoms with van der Waals surface area (Å²) in [4.78, 5) is 0. The summed E-state index contributed by atoms with van der Waals surface area (Å²) in [6, 6.07) is 1.50. The molecule has 0 atom stereocenters. The van der Waals surface area contributed by atoms with Gasteiger partial charge in [0.2, 0.25) is 0 Å². The van der Waals surface area contributed by atoms with Gasteiger partial charge in [-0.25, -0.2) is 5.26 Å². The first-order chi connectivity index (χ1) is 1.41. The first-order valence-corrected chi connectivity index (χ1v) is 0.577. The fourth-order valence-electron chi connectivity index (χ4n) is 0. The molecule has 1 radical (unpaired) electrons. The fourth-order valence-corrected chi connectivity index (χ4v) is 0. The van der Waals surface area contributed by atoms with Gasteiger partial charge in [-0.1, -0.05) is 0 Å². The van der Waals surface area contributed by atoms with Gasteiger partial charge in [-0.05, 0) is 0 Å². The molecule has 0 unspecified atom stereocenters. The molecule has 0 N–H and O–H groups in total. The molecule has 0 aromatic heterocycles. The molecule has 0 amide bonds. The molecule has 0 spiro atoms. The normalized spacial score (nSPS) is 1.75. The molecular formula is C2H2IrN-. The predicted octanol–water partition coefficient (Wildman–Crippen LogP) is 0.342. The Morgan fingerprint density at radius 1 is 1.75 bits per heavy atom. The Kier molecular flexibility index (Phi) is 26.8. The number of nitriles is 1. The van der Waals surface area contributed by atoms with Crippen LogP contribution in [0.5, 0.6) is 0 Å². The van der Waals surface area contributed by atoms with Crippen molar-refractivity contribution in [3.05, 3.63) is 6.92 Å². The van der Waals surface area contributed by atoms with Crippen LogP contribution in [0.3, 0.4) is 0 Å². The van der Waals surface area contributed by atoms with Crippen LogP contribution in [0.1, 0.15) is 0 Å². The van der Waals surface area contributed by atoms with E-state index in [1.165, 1.54) is 6.07 Å². The van der Waals surface area contributed by atoms with Gasteiger partial charge in [-0.3, -0.25) is 0 Å². The summed E-state index contributed by atoms with van der Waals surface area (Å²) in [5, 5.41) is 7.21. The summed E-state index contributed by atoms with van der Waals surface area (Å²) in [6.07, 6.45) is 0. The van der Waals surface area contributed by atoms with Gasteiger partial charge in [0, 0.05) is 20.1 Å². The second-order valence-electron chi connectivity index (χ2n) is 0.158. The molecular weight excluding hydrogens is 230 g/mol. The van der Waals surface area contributed by atoms with E-state index in [9.17, 15) is 0 Å². The first kappa shape index (κ1) is 8.99. The van der Waals surface area contributed by atoms with E-state index in [0.717, 1.165) is 0 Å². The smallest absolute Gasteiger partial charge is 0 e. The minimum Gasteiger partial charge on any atom is -0.305 e. The number of nitrogens with zero attached hydrogens (tertiary/aromatic N) is 1. The average Bonchev–Trinajstić information content (AvgIpc) is 0.918. The molecule has 0 aliphatic rings. The van der Waals surface area contributed by atoms with Crippen LogP contribution < -0.4 is 0 Å².